The molecule has 0 aliphatic carbocycles. The average Bonchev–Trinajstić information content (AvgIpc) is 2.47. The van der Waals surface area contributed by atoms with Gasteiger partial charge in [0.25, 0.3) is 0 Å². The first-order valence-corrected chi connectivity index (χ1v) is 5.00. The highest BCUT2D eigenvalue weighted by Gasteiger charge is 2.33. The number of hydrogen-bond acceptors (Lipinski definition) is 6. The lowest BCUT2D eigenvalue weighted by atomic mass is 9.99. The average molecular weight is 264 g/mol. The molecule has 4 atom stereocenters. The van der Waals surface area contributed by atoms with Crippen LogP contribution in [0.15, 0.2) is 0 Å². The lowest BCUT2D eigenvalue weighted by Gasteiger charge is -2.30. The quantitative estimate of drug-likeness (QED) is 0.309. The van der Waals surface area contributed by atoms with Crippen LogP contribution in [0.2, 0.25) is 0 Å². The number of aliphatic hydroxyl groups is 3. The maximum Gasteiger partial charge on any atom is 0.217 e. The van der Waals surface area contributed by atoms with Gasteiger partial charge < -0.3 is 30.7 Å². The van der Waals surface area contributed by atoms with Gasteiger partial charge in [0.2, 0.25) is 11.8 Å². The second-order valence-electron chi connectivity index (χ2n) is 3.56. The zero-order chi connectivity index (χ0) is 15.7. The summed E-state index contributed by atoms with van der Waals surface area (Å²) in [5, 5.41) is 32.4. The van der Waals surface area contributed by atoms with Crippen molar-refractivity contribution in [1.82, 2.24) is 10.6 Å². The number of hydrogen-bond donors (Lipinski definition) is 5. The molecule has 5 N–H and O–H groups in total. The summed E-state index contributed by atoms with van der Waals surface area (Å²) < 4.78 is 13.6. The first-order valence-electron chi connectivity index (χ1n) is 6.42. The molecule has 0 fully saturated rings. The maximum absolute atomic E-state index is 11.1. The Balaban J connectivity index is 4.97. The third-order valence-electron chi connectivity index (χ3n) is 2.14. The minimum atomic E-state index is -1.72. The molecule has 0 heterocycles. The van der Waals surface area contributed by atoms with Crippen LogP contribution in [0.25, 0.3) is 0 Å². The predicted molar refractivity (Wildman–Crippen MR) is 60.4 cm³/mol. The molecule has 8 heteroatoms. The Morgan fingerprint density at radius 1 is 1.28 bits per heavy atom. The van der Waals surface area contributed by atoms with Gasteiger partial charge in [-0.2, -0.15) is 0 Å². The summed E-state index contributed by atoms with van der Waals surface area (Å²) in [7, 11) is 0. The van der Waals surface area contributed by atoms with Gasteiger partial charge in [-0.05, 0) is 0 Å². The summed E-state index contributed by atoms with van der Waals surface area (Å²) in [6.07, 6.45) is -3.13. The second kappa shape index (κ2) is 7.75. The molecule has 0 aromatic carbocycles. The summed E-state index contributed by atoms with van der Waals surface area (Å²) in [6.45, 7) is -2.15. The van der Waals surface area contributed by atoms with Crippen molar-refractivity contribution in [1.29, 1.82) is 0 Å². The molecule has 104 valence electrons. The normalized spacial score (nSPS) is 18.6. The van der Waals surface area contributed by atoms with Crippen LogP contribution >= 0.6 is 0 Å². The number of nitrogens with one attached hydrogen (secondary N) is 2. The standard InChI is InChI=1S/C10H18N2O6/c1-5(15)11-7(3-13)10(18)9(8(17)4-14)12-6(2)16/h3,7-10,14,17-18H,4H2,1-2H3,(H,11,15)(H,12,16)/t7-,8+,9+,10+/m0/s1/i1D,2D. The van der Waals surface area contributed by atoms with Crippen molar-refractivity contribution in [2.45, 2.75) is 38.1 Å². The second-order valence-corrected chi connectivity index (χ2v) is 3.56. The van der Waals surface area contributed by atoms with Gasteiger partial charge in [-0.1, -0.05) is 0 Å². The van der Waals surface area contributed by atoms with E-state index in [0.29, 0.717) is 0 Å². The molecule has 18 heavy (non-hydrogen) atoms. The Hall–Kier alpha value is -1.51. The van der Waals surface area contributed by atoms with Crippen LogP contribution in [-0.4, -0.2) is 64.3 Å². The maximum atomic E-state index is 11.1. The van der Waals surface area contributed by atoms with Gasteiger partial charge >= 0.3 is 0 Å². The first-order chi connectivity index (χ1) is 9.40. The van der Waals surface area contributed by atoms with Gasteiger partial charge in [0, 0.05) is 16.5 Å². The fourth-order valence-corrected chi connectivity index (χ4v) is 1.32. The number of amides is 2. The topological polar surface area (TPSA) is 136 Å². The Morgan fingerprint density at radius 2 is 1.83 bits per heavy atom. The zero-order valence-corrected chi connectivity index (χ0v) is 9.57. The van der Waals surface area contributed by atoms with Crippen molar-refractivity contribution in [3.8, 4) is 0 Å². The van der Waals surface area contributed by atoms with Crippen LogP contribution in [-0.2, 0) is 14.4 Å². The van der Waals surface area contributed by atoms with Gasteiger partial charge in [-0.25, -0.2) is 0 Å². The summed E-state index contributed by atoms with van der Waals surface area (Å²) in [5.41, 5.74) is 0. The summed E-state index contributed by atoms with van der Waals surface area (Å²) >= 11 is 0. The van der Waals surface area contributed by atoms with E-state index in [4.69, 9.17) is 7.85 Å². The largest absolute Gasteiger partial charge is 0.394 e. The van der Waals surface area contributed by atoms with Gasteiger partial charge in [-0.15, -0.1) is 0 Å². The first kappa shape index (κ1) is 12.9. The number of carbonyl (C=O) groups is 3. The summed E-state index contributed by atoms with van der Waals surface area (Å²) in [6, 6.07) is -2.91. The molecule has 0 rings (SSSR count). The van der Waals surface area contributed by atoms with Gasteiger partial charge in [0.05, 0.1) is 18.8 Å². The molecule has 0 aromatic heterocycles. The third kappa shape index (κ3) is 5.21. The Kier molecular flexibility index (Phi) is 5.57. The van der Waals surface area contributed by atoms with Crippen LogP contribution < -0.4 is 10.6 Å². The van der Waals surface area contributed by atoms with Crippen molar-refractivity contribution in [2.75, 3.05) is 6.61 Å². The molecule has 0 radical (unpaired) electrons. The summed E-state index contributed by atoms with van der Waals surface area (Å²) in [4.78, 5) is 33.0. The fraction of sp³-hybridized carbons (Fsp3) is 0.700. The number of rotatable bonds is 7. The highest BCUT2D eigenvalue weighted by molar-refractivity contribution is 5.78. The van der Waals surface area contributed by atoms with Crippen LogP contribution in [0.3, 0.4) is 0 Å². The van der Waals surface area contributed by atoms with Crippen LogP contribution in [0.1, 0.15) is 16.5 Å². The molecular formula is C10H18N2O6. The SMILES string of the molecule is [2H]CC(=O)N[C@@H]([C@H](O)[C@H](C=O)NC(=O)C[2H])[C@H](O)CO. The Labute approximate surface area is 107 Å². The van der Waals surface area contributed by atoms with E-state index in [9.17, 15) is 24.6 Å². The number of aliphatic hydroxyl groups excluding tert-OH is 3. The van der Waals surface area contributed by atoms with Crippen LogP contribution in [0, 0.1) is 0 Å². The fourth-order valence-electron chi connectivity index (χ4n) is 1.32. The van der Waals surface area contributed by atoms with Crippen molar-refractivity contribution < 1.29 is 32.4 Å². The molecule has 0 spiro atoms. The molecule has 8 nitrogen and oxygen atoms in total. The van der Waals surface area contributed by atoms with E-state index in [2.05, 4.69) is 5.32 Å². The van der Waals surface area contributed by atoms with E-state index in [1.807, 2.05) is 5.32 Å². The minimum Gasteiger partial charge on any atom is -0.394 e. The van der Waals surface area contributed by atoms with Crippen LogP contribution in [0.5, 0.6) is 0 Å². The van der Waals surface area contributed by atoms with E-state index in [1.54, 1.807) is 0 Å². The van der Waals surface area contributed by atoms with E-state index >= 15 is 0 Å². The highest BCUT2D eigenvalue weighted by Crippen LogP contribution is 2.04. The molecule has 0 saturated carbocycles. The molecule has 0 bridgehead atoms. The monoisotopic (exact) mass is 264 g/mol. The molecule has 0 aliphatic heterocycles. The molecule has 0 unspecified atom stereocenters. The van der Waals surface area contributed by atoms with Crippen molar-refractivity contribution in [2.24, 2.45) is 0 Å². The number of carbonyl (C=O) groups excluding carboxylic acids is 3. The molecule has 0 aromatic rings. The Morgan fingerprint density at radius 3 is 2.28 bits per heavy atom. The van der Waals surface area contributed by atoms with Gasteiger partial charge in [-0.3, -0.25) is 9.59 Å². The van der Waals surface area contributed by atoms with E-state index < -0.39 is 56.5 Å². The van der Waals surface area contributed by atoms with E-state index in [-0.39, 0.29) is 6.29 Å². The molecule has 0 aliphatic rings. The van der Waals surface area contributed by atoms with Crippen LogP contribution in [0.4, 0.5) is 0 Å². The van der Waals surface area contributed by atoms with E-state index in [0.717, 1.165) is 0 Å². The molecular weight excluding hydrogens is 244 g/mol. The highest BCUT2D eigenvalue weighted by atomic mass is 16.3. The minimum absolute atomic E-state index is 0.183. The Bertz CT molecular complexity index is 344. The van der Waals surface area contributed by atoms with Gasteiger partial charge in [0.1, 0.15) is 18.4 Å². The lowest BCUT2D eigenvalue weighted by Crippen LogP contribution is -2.59. The van der Waals surface area contributed by atoms with Crippen molar-refractivity contribution >= 4 is 18.1 Å². The van der Waals surface area contributed by atoms with Crippen molar-refractivity contribution in [3.05, 3.63) is 0 Å². The number of aldehydes is 1. The smallest absolute Gasteiger partial charge is 0.217 e. The van der Waals surface area contributed by atoms with E-state index in [1.165, 1.54) is 0 Å². The van der Waals surface area contributed by atoms with Gasteiger partial charge in [0.15, 0.2) is 0 Å². The summed E-state index contributed by atoms with van der Waals surface area (Å²) in [5.74, 6) is -1.66. The predicted octanol–water partition coefficient (Wildman–Crippen LogP) is -3.09. The molecule has 2 amide bonds. The molecule has 0 saturated heterocycles. The third-order valence-corrected chi connectivity index (χ3v) is 2.14. The lowest BCUT2D eigenvalue weighted by molar-refractivity contribution is -0.127. The zero-order valence-electron chi connectivity index (χ0n) is 11.6. The van der Waals surface area contributed by atoms with Crippen molar-refractivity contribution in [3.63, 3.8) is 0 Å².